The highest BCUT2D eigenvalue weighted by molar-refractivity contribution is 7.99. The van der Waals surface area contributed by atoms with E-state index in [4.69, 9.17) is 4.74 Å². The van der Waals surface area contributed by atoms with Crippen LogP contribution in [-0.4, -0.2) is 54.9 Å². The Balaban J connectivity index is 1.30. The summed E-state index contributed by atoms with van der Waals surface area (Å²) in [6.07, 6.45) is 1.57. The number of piperazine rings is 1. The number of aromatic nitrogens is 2. The van der Waals surface area contributed by atoms with Crippen molar-refractivity contribution in [1.82, 2.24) is 9.97 Å². The minimum absolute atomic E-state index is 0.0881. The van der Waals surface area contributed by atoms with Crippen molar-refractivity contribution in [3.05, 3.63) is 67.0 Å². The van der Waals surface area contributed by atoms with Crippen LogP contribution in [0.15, 0.2) is 72.0 Å². The fourth-order valence-corrected chi connectivity index (χ4v) is 4.11. The van der Waals surface area contributed by atoms with Gasteiger partial charge >= 0.3 is 0 Å². The van der Waals surface area contributed by atoms with Crippen molar-refractivity contribution < 1.29 is 9.53 Å². The Morgan fingerprint density at radius 1 is 1.00 bits per heavy atom. The second-order valence-electron chi connectivity index (χ2n) is 7.09. The number of nitrogens with one attached hydrogen (secondary N) is 1. The van der Waals surface area contributed by atoms with E-state index in [2.05, 4.69) is 49.4 Å². The van der Waals surface area contributed by atoms with Gasteiger partial charge in [-0.2, -0.15) is 0 Å². The van der Waals surface area contributed by atoms with Crippen LogP contribution >= 0.6 is 11.8 Å². The number of hydrogen-bond acceptors (Lipinski definition) is 7. The molecule has 7 nitrogen and oxygen atoms in total. The van der Waals surface area contributed by atoms with Gasteiger partial charge in [-0.1, -0.05) is 36.0 Å². The summed E-state index contributed by atoms with van der Waals surface area (Å²) in [5.41, 5.74) is 1.97. The van der Waals surface area contributed by atoms with E-state index in [0.29, 0.717) is 11.4 Å². The molecule has 2 heterocycles. The molecule has 0 radical (unpaired) electrons. The molecule has 160 valence electrons. The first-order chi connectivity index (χ1) is 15.2. The van der Waals surface area contributed by atoms with Crippen LogP contribution in [0.2, 0.25) is 0 Å². The molecule has 1 amide bonds. The Labute approximate surface area is 186 Å². The van der Waals surface area contributed by atoms with Gasteiger partial charge in [0.2, 0.25) is 5.91 Å². The SMILES string of the molecule is COc1cccc(NC(=O)CSc2cc(N3CCN(c4ccccc4)CC3)ncn2)c1. The summed E-state index contributed by atoms with van der Waals surface area (Å²) in [5, 5.41) is 3.67. The first kappa shape index (κ1) is 21.0. The number of anilines is 3. The number of para-hydroxylation sites is 1. The number of ether oxygens (including phenoxy) is 1. The number of amides is 1. The van der Waals surface area contributed by atoms with E-state index >= 15 is 0 Å². The van der Waals surface area contributed by atoms with Gasteiger partial charge in [0.15, 0.2) is 0 Å². The zero-order valence-corrected chi connectivity index (χ0v) is 18.2. The average Bonchev–Trinajstić information content (AvgIpc) is 2.84. The minimum atomic E-state index is -0.0881. The van der Waals surface area contributed by atoms with Crippen LogP contribution in [0.4, 0.5) is 17.2 Å². The largest absolute Gasteiger partial charge is 0.497 e. The van der Waals surface area contributed by atoms with E-state index in [1.54, 1.807) is 19.5 Å². The van der Waals surface area contributed by atoms with Crippen LogP contribution in [0.25, 0.3) is 0 Å². The molecule has 0 saturated carbocycles. The summed E-state index contributed by atoms with van der Waals surface area (Å²) < 4.78 is 5.19. The van der Waals surface area contributed by atoms with Crippen LogP contribution in [0.5, 0.6) is 5.75 Å². The summed E-state index contributed by atoms with van der Waals surface area (Å²) >= 11 is 1.40. The van der Waals surface area contributed by atoms with Crippen molar-refractivity contribution in [2.45, 2.75) is 5.03 Å². The van der Waals surface area contributed by atoms with Crippen LogP contribution in [0, 0.1) is 0 Å². The molecule has 1 N–H and O–H groups in total. The van der Waals surface area contributed by atoms with Gasteiger partial charge in [0.1, 0.15) is 22.9 Å². The lowest BCUT2D eigenvalue weighted by Gasteiger charge is -2.36. The first-order valence-corrected chi connectivity index (χ1v) is 11.1. The third-order valence-corrected chi connectivity index (χ3v) is 5.98. The van der Waals surface area contributed by atoms with Gasteiger partial charge in [-0.05, 0) is 24.3 Å². The van der Waals surface area contributed by atoms with E-state index in [-0.39, 0.29) is 11.7 Å². The van der Waals surface area contributed by atoms with Crippen molar-refractivity contribution in [3.8, 4) is 5.75 Å². The van der Waals surface area contributed by atoms with Crippen LogP contribution in [0.1, 0.15) is 0 Å². The highest BCUT2D eigenvalue weighted by Gasteiger charge is 2.19. The lowest BCUT2D eigenvalue weighted by atomic mass is 10.2. The summed E-state index contributed by atoms with van der Waals surface area (Å²) in [7, 11) is 1.60. The van der Waals surface area contributed by atoms with Crippen molar-refractivity contribution in [2.75, 3.05) is 54.2 Å². The molecule has 2 aromatic carbocycles. The van der Waals surface area contributed by atoms with Crippen molar-refractivity contribution in [1.29, 1.82) is 0 Å². The van der Waals surface area contributed by atoms with Gasteiger partial charge in [0.25, 0.3) is 0 Å². The van der Waals surface area contributed by atoms with Crippen molar-refractivity contribution in [3.63, 3.8) is 0 Å². The van der Waals surface area contributed by atoms with Gasteiger partial charge in [-0.3, -0.25) is 4.79 Å². The summed E-state index contributed by atoms with van der Waals surface area (Å²) in [6.45, 7) is 3.68. The number of methoxy groups -OCH3 is 1. The number of thioether (sulfide) groups is 1. The minimum Gasteiger partial charge on any atom is -0.497 e. The standard InChI is InChI=1S/C23H25N5O2S/c1-30-20-9-5-6-18(14-20)26-22(29)16-31-23-15-21(24-17-25-23)28-12-10-27(11-13-28)19-7-3-2-4-8-19/h2-9,14-15,17H,10-13,16H2,1H3,(H,26,29). The highest BCUT2D eigenvalue weighted by Crippen LogP contribution is 2.23. The third-order valence-electron chi connectivity index (χ3n) is 5.06. The summed E-state index contributed by atoms with van der Waals surface area (Å²) in [6, 6.07) is 19.7. The van der Waals surface area contributed by atoms with Crippen molar-refractivity contribution in [2.24, 2.45) is 0 Å². The van der Waals surface area contributed by atoms with E-state index < -0.39 is 0 Å². The van der Waals surface area contributed by atoms with E-state index in [1.165, 1.54) is 17.4 Å². The highest BCUT2D eigenvalue weighted by atomic mass is 32.2. The molecule has 3 aromatic rings. The van der Waals surface area contributed by atoms with Crippen LogP contribution in [0.3, 0.4) is 0 Å². The predicted molar refractivity (Wildman–Crippen MR) is 125 cm³/mol. The Morgan fingerprint density at radius 2 is 1.77 bits per heavy atom. The normalized spacial score (nSPS) is 13.7. The Hall–Kier alpha value is -3.26. The zero-order chi connectivity index (χ0) is 21.5. The number of benzene rings is 2. The van der Waals surface area contributed by atoms with Crippen LogP contribution < -0.4 is 19.9 Å². The Bertz CT molecular complexity index is 1010. The molecule has 1 aromatic heterocycles. The molecule has 0 bridgehead atoms. The molecule has 1 saturated heterocycles. The first-order valence-electron chi connectivity index (χ1n) is 10.1. The molecule has 1 aliphatic heterocycles. The fraction of sp³-hybridized carbons (Fsp3) is 0.261. The zero-order valence-electron chi connectivity index (χ0n) is 17.4. The van der Waals surface area contributed by atoms with Gasteiger partial charge in [-0.25, -0.2) is 9.97 Å². The number of hydrogen-bond donors (Lipinski definition) is 1. The van der Waals surface area contributed by atoms with Gasteiger partial charge in [-0.15, -0.1) is 0 Å². The van der Waals surface area contributed by atoms with Gasteiger partial charge < -0.3 is 19.9 Å². The topological polar surface area (TPSA) is 70.6 Å². The second kappa shape index (κ2) is 10.2. The maximum absolute atomic E-state index is 12.3. The second-order valence-corrected chi connectivity index (χ2v) is 8.09. The molecule has 0 atom stereocenters. The summed E-state index contributed by atoms with van der Waals surface area (Å²) in [5.74, 6) is 1.79. The van der Waals surface area contributed by atoms with E-state index in [1.807, 2.05) is 30.3 Å². The predicted octanol–water partition coefficient (Wildman–Crippen LogP) is 3.54. The lowest BCUT2D eigenvalue weighted by molar-refractivity contribution is -0.113. The fourth-order valence-electron chi connectivity index (χ4n) is 3.45. The number of carbonyl (C=O) groups excluding carboxylic acids is 1. The summed E-state index contributed by atoms with van der Waals surface area (Å²) in [4.78, 5) is 25.7. The van der Waals surface area contributed by atoms with E-state index in [0.717, 1.165) is 37.0 Å². The smallest absolute Gasteiger partial charge is 0.234 e. The molecule has 0 unspecified atom stereocenters. The number of carbonyl (C=O) groups is 1. The van der Waals surface area contributed by atoms with Crippen LogP contribution in [-0.2, 0) is 4.79 Å². The monoisotopic (exact) mass is 435 g/mol. The third kappa shape index (κ3) is 5.67. The Morgan fingerprint density at radius 3 is 2.55 bits per heavy atom. The molecule has 0 aliphatic carbocycles. The quantitative estimate of drug-likeness (QED) is 0.450. The van der Waals surface area contributed by atoms with Gasteiger partial charge in [0.05, 0.1) is 12.9 Å². The number of nitrogens with zero attached hydrogens (tertiary/aromatic N) is 4. The molecule has 4 rings (SSSR count). The molecule has 31 heavy (non-hydrogen) atoms. The molecule has 0 spiro atoms. The maximum Gasteiger partial charge on any atom is 0.234 e. The molecule has 1 aliphatic rings. The molecule has 8 heteroatoms. The lowest BCUT2D eigenvalue weighted by Crippen LogP contribution is -2.46. The molecular formula is C23H25N5O2S. The van der Waals surface area contributed by atoms with Crippen molar-refractivity contribution >= 4 is 34.9 Å². The van der Waals surface area contributed by atoms with Gasteiger partial charge in [0, 0.05) is 49.7 Å². The molecular weight excluding hydrogens is 410 g/mol. The average molecular weight is 436 g/mol. The van der Waals surface area contributed by atoms with E-state index in [9.17, 15) is 4.79 Å². The molecule has 1 fully saturated rings. The number of rotatable bonds is 7. The Kier molecular flexibility index (Phi) is 6.89. The maximum atomic E-state index is 12.3.